The summed E-state index contributed by atoms with van der Waals surface area (Å²) < 4.78 is 0. The Bertz CT molecular complexity index is 1130. The summed E-state index contributed by atoms with van der Waals surface area (Å²) in [6, 6.07) is 8.65. The first-order valence-electron chi connectivity index (χ1n) is 12.7. The largest absolute Gasteiger partial charge is 0.355 e. The average molecular weight is 511 g/mol. The molecule has 7 nitrogen and oxygen atoms in total. The summed E-state index contributed by atoms with van der Waals surface area (Å²) in [5.74, 6) is 0.797. The van der Waals surface area contributed by atoms with Crippen LogP contribution in [0, 0.1) is 11.3 Å². The topological polar surface area (TPSA) is 91.4 Å². The normalized spacial score (nSPS) is 16.5. The summed E-state index contributed by atoms with van der Waals surface area (Å²) in [5, 5.41) is 6.40. The van der Waals surface area contributed by atoms with E-state index >= 15 is 0 Å². The third kappa shape index (κ3) is 7.29. The van der Waals surface area contributed by atoms with Crippen molar-refractivity contribution in [3.63, 3.8) is 0 Å². The minimum absolute atomic E-state index is 0.00530. The molecule has 2 amide bonds. The number of nitrogens with one attached hydrogen (secondary N) is 2. The molecule has 0 spiro atoms. The van der Waals surface area contributed by atoms with E-state index in [4.69, 9.17) is 11.6 Å². The maximum absolute atomic E-state index is 13.0. The number of carbonyl (C=O) groups excluding carboxylic acids is 3. The SMILES string of the molecule is CC(C)(C)CC(=O)CC1CCN(c2ncc(C(=O)NC3CC3)cc2NC(=O)c2cccc(Cl)c2)CC1. The van der Waals surface area contributed by atoms with Gasteiger partial charge in [-0.1, -0.05) is 38.4 Å². The second-order valence-corrected chi connectivity index (χ2v) is 11.7. The molecule has 1 aromatic carbocycles. The molecule has 1 aliphatic heterocycles. The maximum atomic E-state index is 13.0. The van der Waals surface area contributed by atoms with Crippen LogP contribution in [-0.4, -0.2) is 41.7 Å². The summed E-state index contributed by atoms with van der Waals surface area (Å²) in [6.45, 7) is 7.73. The van der Waals surface area contributed by atoms with Gasteiger partial charge in [-0.25, -0.2) is 4.98 Å². The van der Waals surface area contributed by atoms with Crippen molar-refractivity contribution in [2.45, 2.75) is 65.3 Å². The molecule has 0 radical (unpaired) electrons. The predicted octanol–water partition coefficient (Wildman–Crippen LogP) is 5.49. The lowest BCUT2D eigenvalue weighted by Crippen LogP contribution is -2.36. The van der Waals surface area contributed by atoms with Crippen LogP contribution in [-0.2, 0) is 4.79 Å². The second kappa shape index (κ2) is 11.0. The molecule has 0 bridgehead atoms. The first kappa shape index (κ1) is 26.1. The molecular formula is C28H35ClN4O3. The summed E-state index contributed by atoms with van der Waals surface area (Å²) in [4.78, 5) is 44.9. The summed E-state index contributed by atoms with van der Waals surface area (Å²) >= 11 is 6.07. The molecule has 2 N–H and O–H groups in total. The molecule has 36 heavy (non-hydrogen) atoms. The first-order valence-corrected chi connectivity index (χ1v) is 13.1. The molecule has 2 aromatic rings. The minimum Gasteiger partial charge on any atom is -0.355 e. The van der Waals surface area contributed by atoms with Gasteiger partial charge in [0.05, 0.1) is 11.3 Å². The van der Waals surface area contributed by atoms with Crippen molar-refractivity contribution >= 4 is 40.7 Å². The second-order valence-electron chi connectivity index (χ2n) is 11.2. The number of piperidine rings is 1. The van der Waals surface area contributed by atoms with Gasteiger partial charge in [0.2, 0.25) is 0 Å². The molecule has 4 rings (SSSR count). The van der Waals surface area contributed by atoms with Crippen LogP contribution in [0.15, 0.2) is 36.5 Å². The Hall–Kier alpha value is -2.93. The lowest BCUT2D eigenvalue weighted by molar-refractivity contribution is -0.121. The zero-order valence-electron chi connectivity index (χ0n) is 21.3. The van der Waals surface area contributed by atoms with Crippen molar-refractivity contribution in [3.8, 4) is 0 Å². The van der Waals surface area contributed by atoms with Gasteiger partial charge in [0, 0.05) is 48.8 Å². The van der Waals surface area contributed by atoms with Crippen molar-refractivity contribution in [3.05, 3.63) is 52.7 Å². The number of benzene rings is 1. The van der Waals surface area contributed by atoms with Crippen LogP contribution in [0.2, 0.25) is 5.02 Å². The lowest BCUT2D eigenvalue weighted by Gasteiger charge is -2.34. The molecule has 192 valence electrons. The molecule has 2 aliphatic rings. The highest BCUT2D eigenvalue weighted by atomic mass is 35.5. The zero-order valence-corrected chi connectivity index (χ0v) is 22.0. The van der Waals surface area contributed by atoms with E-state index in [0.29, 0.717) is 52.2 Å². The molecule has 1 aliphatic carbocycles. The van der Waals surface area contributed by atoms with Gasteiger partial charge >= 0.3 is 0 Å². The van der Waals surface area contributed by atoms with Gasteiger partial charge in [0.1, 0.15) is 5.78 Å². The quantitative estimate of drug-likeness (QED) is 0.490. The summed E-state index contributed by atoms with van der Waals surface area (Å²) in [6.07, 6.45) is 6.51. The summed E-state index contributed by atoms with van der Waals surface area (Å²) in [7, 11) is 0. The maximum Gasteiger partial charge on any atom is 0.255 e. The van der Waals surface area contributed by atoms with Crippen LogP contribution in [0.1, 0.15) is 80.0 Å². The number of carbonyl (C=O) groups is 3. The molecule has 1 aromatic heterocycles. The molecule has 8 heteroatoms. The molecule has 0 atom stereocenters. The lowest BCUT2D eigenvalue weighted by atomic mass is 9.84. The number of aromatic nitrogens is 1. The van der Waals surface area contributed by atoms with E-state index in [1.165, 1.54) is 0 Å². The fourth-order valence-electron chi connectivity index (χ4n) is 4.58. The van der Waals surface area contributed by atoms with Gasteiger partial charge in [-0.3, -0.25) is 14.4 Å². The molecule has 2 heterocycles. The van der Waals surface area contributed by atoms with Gasteiger partial charge in [-0.05, 0) is 61.3 Å². The molecule has 2 fully saturated rings. The average Bonchev–Trinajstić information content (AvgIpc) is 3.62. The number of ketones is 1. The number of nitrogens with zero attached hydrogens (tertiary/aromatic N) is 2. The number of Topliss-reactive ketones (excluding diaryl/α,β-unsaturated/α-hetero) is 1. The fraction of sp³-hybridized carbons (Fsp3) is 0.500. The smallest absolute Gasteiger partial charge is 0.255 e. The van der Waals surface area contributed by atoms with Crippen LogP contribution < -0.4 is 15.5 Å². The van der Waals surface area contributed by atoms with Crippen LogP contribution >= 0.6 is 11.6 Å². The number of hydrogen-bond donors (Lipinski definition) is 2. The van der Waals surface area contributed by atoms with E-state index in [1.54, 1.807) is 36.5 Å². The number of rotatable bonds is 8. The Kier molecular flexibility index (Phi) is 7.98. The first-order chi connectivity index (χ1) is 17.1. The fourth-order valence-corrected chi connectivity index (χ4v) is 4.77. The number of hydrogen-bond acceptors (Lipinski definition) is 5. The number of anilines is 2. The summed E-state index contributed by atoms with van der Waals surface area (Å²) in [5.41, 5.74) is 1.34. The third-order valence-electron chi connectivity index (χ3n) is 6.53. The van der Waals surface area contributed by atoms with E-state index in [1.807, 2.05) is 0 Å². The van der Waals surface area contributed by atoms with Crippen molar-refractivity contribution in [2.75, 3.05) is 23.3 Å². The predicted molar refractivity (Wildman–Crippen MR) is 143 cm³/mol. The Morgan fingerprint density at radius 3 is 2.39 bits per heavy atom. The van der Waals surface area contributed by atoms with E-state index in [0.717, 1.165) is 38.8 Å². The molecular weight excluding hydrogens is 476 g/mol. The van der Waals surface area contributed by atoms with Gasteiger partial charge in [0.25, 0.3) is 11.8 Å². The Morgan fingerprint density at radius 1 is 1.03 bits per heavy atom. The van der Waals surface area contributed by atoms with Crippen molar-refractivity contribution in [1.29, 1.82) is 0 Å². The highest BCUT2D eigenvalue weighted by molar-refractivity contribution is 6.31. The highest BCUT2D eigenvalue weighted by Crippen LogP contribution is 2.32. The van der Waals surface area contributed by atoms with Crippen molar-refractivity contribution in [2.24, 2.45) is 11.3 Å². The van der Waals surface area contributed by atoms with Crippen LogP contribution in [0.5, 0.6) is 0 Å². The Balaban J connectivity index is 1.49. The van der Waals surface area contributed by atoms with E-state index in [-0.39, 0.29) is 23.3 Å². The van der Waals surface area contributed by atoms with E-state index in [2.05, 4.69) is 41.3 Å². The standard InChI is InChI=1S/C28H35ClN4O3/c1-28(2,3)16-23(34)13-18-9-11-33(12-10-18)25-24(32-26(35)19-5-4-6-21(29)14-19)15-20(17-30-25)27(36)31-22-7-8-22/h4-6,14-15,17-18,22H,7-13,16H2,1-3H3,(H,31,36)(H,32,35). The number of halogens is 1. The zero-order chi connectivity index (χ0) is 25.9. The Morgan fingerprint density at radius 2 is 1.75 bits per heavy atom. The van der Waals surface area contributed by atoms with Crippen LogP contribution in [0.25, 0.3) is 0 Å². The minimum atomic E-state index is -0.317. The molecule has 1 saturated heterocycles. The number of pyridine rings is 1. The molecule has 0 unspecified atom stereocenters. The molecule has 1 saturated carbocycles. The highest BCUT2D eigenvalue weighted by Gasteiger charge is 2.28. The van der Waals surface area contributed by atoms with Gasteiger partial charge in [0.15, 0.2) is 5.82 Å². The van der Waals surface area contributed by atoms with Gasteiger partial charge < -0.3 is 15.5 Å². The van der Waals surface area contributed by atoms with Crippen LogP contribution in [0.3, 0.4) is 0 Å². The van der Waals surface area contributed by atoms with Gasteiger partial charge in [-0.15, -0.1) is 0 Å². The van der Waals surface area contributed by atoms with E-state index in [9.17, 15) is 14.4 Å². The third-order valence-corrected chi connectivity index (χ3v) is 6.77. The van der Waals surface area contributed by atoms with Crippen LogP contribution in [0.4, 0.5) is 11.5 Å². The number of amides is 2. The van der Waals surface area contributed by atoms with E-state index < -0.39 is 0 Å². The van der Waals surface area contributed by atoms with Gasteiger partial charge in [-0.2, -0.15) is 0 Å². The monoisotopic (exact) mass is 510 g/mol. The Labute approximate surface area is 218 Å². The van der Waals surface area contributed by atoms with Crippen molar-refractivity contribution in [1.82, 2.24) is 10.3 Å². The van der Waals surface area contributed by atoms with Crippen molar-refractivity contribution < 1.29 is 14.4 Å².